The van der Waals surface area contributed by atoms with E-state index in [9.17, 15) is 9.59 Å². The van der Waals surface area contributed by atoms with E-state index < -0.39 is 0 Å². The molecule has 5 heteroatoms. The Balaban J connectivity index is 2.24. The number of nitrogens with zero attached hydrogens (tertiary/aromatic N) is 2. The molecule has 0 radical (unpaired) electrons. The van der Waals surface area contributed by atoms with Gasteiger partial charge < -0.3 is 9.80 Å². The molecule has 0 saturated carbocycles. The monoisotopic (exact) mass is 294 g/mol. The molecule has 2 rings (SSSR count). The van der Waals surface area contributed by atoms with E-state index in [1.54, 1.807) is 28.0 Å². The zero-order valence-corrected chi connectivity index (χ0v) is 12.6. The van der Waals surface area contributed by atoms with Gasteiger partial charge in [0.1, 0.15) is 0 Å². The van der Waals surface area contributed by atoms with Crippen molar-refractivity contribution >= 4 is 29.1 Å². The van der Waals surface area contributed by atoms with Gasteiger partial charge in [0.05, 0.1) is 5.38 Å². The fourth-order valence-electron chi connectivity index (χ4n) is 2.41. The second kappa shape index (κ2) is 6.27. The van der Waals surface area contributed by atoms with Gasteiger partial charge >= 0.3 is 0 Å². The Hall–Kier alpha value is -1.55. The van der Waals surface area contributed by atoms with Crippen molar-refractivity contribution in [3.8, 4) is 0 Å². The SMILES string of the molecule is CCN(CC)C(=O)c1cccc(N2CC(Cl)CC2=O)c1. The normalized spacial score (nSPS) is 18.4. The molecule has 0 spiro atoms. The summed E-state index contributed by atoms with van der Waals surface area (Å²) in [6.07, 6.45) is 0.357. The molecule has 0 aliphatic carbocycles. The van der Waals surface area contributed by atoms with E-state index in [0.717, 1.165) is 5.69 Å². The zero-order chi connectivity index (χ0) is 14.7. The van der Waals surface area contributed by atoms with Crippen molar-refractivity contribution in [3.05, 3.63) is 29.8 Å². The van der Waals surface area contributed by atoms with E-state index >= 15 is 0 Å². The molecule has 4 nitrogen and oxygen atoms in total. The van der Waals surface area contributed by atoms with E-state index in [1.807, 2.05) is 19.9 Å². The molecule has 0 N–H and O–H groups in total. The first-order valence-corrected chi connectivity index (χ1v) is 7.34. The molecular weight excluding hydrogens is 276 g/mol. The molecule has 1 atom stereocenters. The molecule has 1 aromatic rings. The van der Waals surface area contributed by atoms with E-state index in [1.165, 1.54) is 0 Å². The van der Waals surface area contributed by atoms with Gasteiger partial charge in [-0.3, -0.25) is 9.59 Å². The zero-order valence-electron chi connectivity index (χ0n) is 11.8. The number of carbonyl (C=O) groups excluding carboxylic acids is 2. The Morgan fingerprint density at radius 3 is 2.65 bits per heavy atom. The lowest BCUT2D eigenvalue weighted by Crippen LogP contribution is -2.31. The van der Waals surface area contributed by atoms with Gasteiger partial charge in [-0.25, -0.2) is 0 Å². The summed E-state index contributed by atoms with van der Waals surface area (Å²) in [7, 11) is 0. The summed E-state index contributed by atoms with van der Waals surface area (Å²) in [6.45, 7) is 5.75. The van der Waals surface area contributed by atoms with Gasteiger partial charge in [0.25, 0.3) is 5.91 Å². The minimum atomic E-state index is -0.148. The van der Waals surface area contributed by atoms with Crippen molar-refractivity contribution in [2.75, 3.05) is 24.5 Å². The number of halogens is 1. The molecule has 0 aromatic heterocycles. The average molecular weight is 295 g/mol. The molecular formula is C15H19ClN2O2. The summed E-state index contributed by atoms with van der Waals surface area (Å²) in [5, 5.41) is -0.148. The van der Waals surface area contributed by atoms with Crippen LogP contribution in [0.5, 0.6) is 0 Å². The van der Waals surface area contributed by atoms with Gasteiger partial charge in [0.2, 0.25) is 5.91 Å². The third kappa shape index (κ3) is 2.96. The Morgan fingerprint density at radius 2 is 2.10 bits per heavy atom. The quantitative estimate of drug-likeness (QED) is 0.801. The Labute approximate surface area is 124 Å². The third-order valence-corrected chi connectivity index (χ3v) is 3.83. The van der Waals surface area contributed by atoms with Crippen LogP contribution in [0, 0.1) is 0 Å². The minimum Gasteiger partial charge on any atom is -0.339 e. The first kappa shape index (κ1) is 14.9. The molecule has 1 aliphatic rings. The molecule has 1 fully saturated rings. The number of amides is 2. The van der Waals surface area contributed by atoms with Gasteiger partial charge in [0.15, 0.2) is 0 Å². The lowest BCUT2D eigenvalue weighted by molar-refractivity contribution is -0.117. The highest BCUT2D eigenvalue weighted by atomic mass is 35.5. The number of rotatable bonds is 4. The predicted molar refractivity (Wildman–Crippen MR) is 80.3 cm³/mol. The number of carbonyl (C=O) groups is 2. The topological polar surface area (TPSA) is 40.6 Å². The summed E-state index contributed by atoms with van der Waals surface area (Å²) >= 11 is 6.01. The molecule has 2 amide bonds. The Kier molecular flexibility index (Phi) is 4.65. The van der Waals surface area contributed by atoms with Crippen LogP contribution in [0.25, 0.3) is 0 Å². The van der Waals surface area contributed by atoms with Gasteiger partial charge in [-0.1, -0.05) is 6.07 Å². The first-order valence-electron chi connectivity index (χ1n) is 6.90. The van der Waals surface area contributed by atoms with Crippen molar-refractivity contribution in [2.24, 2.45) is 0 Å². The van der Waals surface area contributed by atoms with Crippen molar-refractivity contribution in [2.45, 2.75) is 25.6 Å². The van der Waals surface area contributed by atoms with Crippen LogP contribution in [-0.4, -0.2) is 41.7 Å². The highest BCUT2D eigenvalue weighted by Gasteiger charge is 2.29. The van der Waals surface area contributed by atoms with Crippen LogP contribution < -0.4 is 4.90 Å². The lowest BCUT2D eigenvalue weighted by atomic mass is 10.1. The summed E-state index contributed by atoms with van der Waals surface area (Å²) in [5.41, 5.74) is 1.35. The molecule has 1 heterocycles. The number of alkyl halides is 1. The summed E-state index contributed by atoms with van der Waals surface area (Å²) in [4.78, 5) is 27.6. The maximum Gasteiger partial charge on any atom is 0.253 e. The van der Waals surface area contributed by atoms with Crippen LogP contribution in [-0.2, 0) is 4.79 Å². The van der Waals surface area contributed by atoms with Crippen molar-refractivity contribution < 1.29 is 9.59 Å². The third-order valence-electron chi connectivity index (χ3n) is 3.53. The maximum absolute atomic E-state index is 12.3. The smallest absolute Gasteiger partial charge is 0.253 e. The fraction of sp³-hybridized carbons (Fsp3) is 0.467. The van der Waals surface area contributed by atoms with Crippen LogP contribution in [0.3, 0.4) is 0 Å². The highest BCUT2D eigenvalue weighted by molar-refractivity contribution is 6.24. The van der Waals surface area contributed by atoms with Crippen molar-refractivity contribution in [1.82, 2.24) is 4.90 Å². The minimum absolute atomic E-state index is 0.00841. The van der Waals surface area contributed by atoms with Crippen molar-refractivity contribution in [3.63, 3.8) is 0 Å². The summed E-state index contributed by atoms with van der Waals surface area (Å²) in [6, 6.07) is 7.20. The summed E-state index contributed by atoms with van der Waals surface area (Å²) in [5.74, 6) is 0.00311. The van der Waals surface area contributed by atoms with E-state index in [0.29, 0.717) is 31.6 Å². The van der Waals surface area contributed by atoms with Gasteiger partial charge in [-0.2, -0.15) is 0 Å². The largest absolute Gasteiger partial charge is 0.339 e. The molecule has 1 aromatic carbocycles. The number of hydrogen-bond acceptors (Lipinski definition) is 2. The van der Waals surface area contributed by atoms with Gasteiger partial charge in [-0.15, -0.1) is 11.6 Å². The van der Waals surface area contributed by atoms with Crippen molar-refractivity contribution in [1.29, 1.82) is 0 Å². The first-order chi connectivity index (χ1) is 9.56. The van der Waals surface area contributed by atoms with Crippen LogP contribution in [0.2, 0.25) is 0 Å². The molecule has 20 heavy (non-hydrogen) atoms. The second-order valence-corrected chi connectivity index (χ2v) is 5.45. The number of hydrogen-bond donors (Lipinski definition) is 0. The van der Waals surface area contributed by atoms with Crippen LogP contribution in [0.4, 0.5) is 5.69 Å². The van der Waals surface area contributed by atoms with E-state index in [2.05, 4.69) is 0 Å². The Bertz CT molecular complexity index is 514. The number of benzene rings is 1. The molecule has 1 saturated heterocycles. The molecule has 108 valence electrons. The van der Waals surface area contributed by atoms with Crippen LogP contribution in [0.1, 0.15) is 30.6 Å². The lowest BCUT2D eigenvalue weighted by Gasteiger charge is -2.20. The van der Waals surface area contributed by atoms with E-state index in [-0.39, 0.29) is 17.2 Å². The van der Waals surface area contributed by atoms with E-state index in [4.69, 9.17) is 11.6 Å². The fourth-order valence-corrected chi connectivity index (χ4v) is 2.68. The van der Waals surface area contributed by atoms with Crippen LogP contribution >= 0.6 is 11.6 Å². The van der Waals surface area contributed by atoms with Gasteiger partial charge in [-0.05, 0) is 32.0 Å². The Morgan fingerprint density at radius 1 is 1.40 bits per heavy atom. The second-order valence-electron chi connectivity index (χ2n) is 4.83. The molecule has 1 unspecified atom stereocenters. The standard InChI is InChI=1S/C15H19ClN2O2/c1-3-17(4-2)15(20)11-6-5-7-13(8-11)18-10-12(16)9-14(18)19/h5-8,12H,3-4,9-10H2,1-2H3. The maximum atomic E-state index is 12.3. The molecule has 1 aliphatic heterocycles. The van der Waals surface area contributed by atoms with Gasteiger partial charge in [0, 0.05) is 37.3 Å². The molecule has 0 bridgehead atoms. The summed E-state index contributed by atoms with van der Waals surface area (Å²) < 4.78 is 0. The average Bonchev–Trinajstić information content (AvgIpc) is 2.79. The van der Waals surface area contributed by atoms with Crippen LogP contribution in [0.15, 0.2) is 24.3 Å². The highest BCUT2D eigenvalue weighted by Crippen LogP contribution is 2.25. The predicted octanol–water partition coefficient (Wildman–Crippen LogP) is 2.51. The number of anilines is 1.